The van der Waals surface area contributed by atoms with E-state index in [2.05, 4.69) is 20.0 Å². The van der Waals surface area contributed by atoms with Crippen molar-refractivity contribution in [3.8, 4) is 11.3 Å². The molecule has 0 amide bonds. The van der Waals surface area contributed by atoms with Crippen LogP contribution in [0, 0.1) is 5.92 Å². The lowest BCUT2D eigenvalue weighted by Gasteiger charge is -2.24. The SMILES string of the molecule is CC(C)(C)n1nc(-c2ccc(NSCC3CCC3)cc2)c(C=O)c1Nc1cnccn1. The molecule has 0 spiro atoms. The lowest BCUT2D eigenvalue weighted by atomic mass is 9.87. The summed E-state index contributed by atoms with van der Waals surface area (Å²) >= 11 is 1.76. The Hall–Kier alpha value is -2.87. The van der Waals surface area contributed by atoms with Crippen LogP contribution in [0.15, 0.2) is 42.9 Å². The van der Waals surface area contributed by atoms with Crippen LogP contribution in [0.1, 0.15) is 50.4 Å². The second-order valence-corrected chi connectivity index (χ2v) is 9.64. The van der Waals surface area contributed by atoms with E-state index < -0.39 is 0 Å². The van der Waals surface area contributed by atoms with Crippen molar-refractivity contribution in [3.63, 3.8) is 0 Å². The van der Waals surface area contributed by atoms with E-state index >= 15 is 0 Å². The molecule has 2 heterocycles. The number of nitrogens with one attached hydrogen (secondary N) is 2. The molecule has 2 N–H and O–H groups in total. The van der Waals surface area contributed by atoms with Crippen LogP contribution in [-0.2, 0) is 5.54 Å². The zero-order valence-electron chi connectivity index (χ0n) is 18.1. The first kappa shape index (κ1) is 21.4. The average Bonchev–Trinajstić information content (AvgIpc) is 3.09. The lowest BCUT2D eigenvalue weighted by Crippen LogP contribution is -2.25. The van der Waals surface area contributed by atoms with Gasteiger partial charge < -0.3 is 10.0 Å². The molecule has 3 aromatic rings. The molecule has 1 aromatic carbocycles. The van der Waals surface area contributed by atoms with Gasteiger partial charge in [0.1, 0.15) is 17.3 Å². The molecule has 7 nitrogen and oxygen atoms in total. The van der Waals surface area contributed by atoms with Crippen LogP contribution >= 0.6 is 11.9 Å². The Kier molecular flexibility index (Phi) is 6.27. The van der Waals surface area contributed by atoms with Crippen molar-refractivity contribution in [3.05, 3.63) is 48.4 Å². The molecule has 0 unspecified atom stereocenters. The van der Waals surface area contributed by atoms with Crippen molar-refractivity contribution in [2.75, 3.05) is 15.8 Å². The maximum Gasteiger partial charge on any atom is 0.156 e. The highest BCUT2D eigenvalue weighted by atomic mass is 32.2. The molecule has 162 valence electrons. The second kappa shape index (κ2) is 9.09. The number of anilines is 3. The number of carbonyl (C=O) groups is 1. The molecule has 0 bridgehead atoms. The quantitative estimate of drug-likeness (QED) is 0.356. The van der Waals surface area contributed by atoms with E-state index in [-0.39, 0.29) is 5.54 Å². The number of benzene rings is 1. The molecule has 0 atom stereocenters. The summed E-state index contributed by atoms with van der Waals surface area (Å²) in [6.07, 6.45) is 9.76. The summed E-state index contributed by atoms with van der Waals surface area (Å²) in [5, 5.41) is 8.03. The minimum Gasteiger partial charge on any atom is -0.330 e. The van der Waals surface area contributed by atoms with Gasteiger partial charge >= 0.3 is 0 Å². The van der Waals surface area contributed by atoms with Gasteiger partial charge in [-0.2, -0.15) is 5.10 Å². The van der Waals surface area contributed by atoms with E-state index in [4.69, 9.17) is 5.10 Å². The third-order valence-electron chi connectivity index (χ3n) is 5.38. The van der Waals surface area contributed by atoms with Crippen molar-refractivity contribution in [1.82, 2.24) is 19.7 Å². The molecule has 4 rings (SSSR count). The van der Waals surface area contributed by atoms with Crippen molar-refractivity contribution in [1.29, 1.82) is 0 Å². The standard InChI is InChI=1S/C23H28N6OS/c1-23(2,3)29-22(26-20-13-24-11-12-25-20)19(14-30)21(27-29)17-7-9-18(10-8-17)28-31-15-16-5-4-6-16/h7-14,16,28H,4-6,15H2,1-3H3,(H,25,26). The molecule has 1 aliphatic rings. The predicted octanol–water partition coefficient (Wildman–Crippen LogP) is 5.51. The Bertz CT molecular complexity index is 1020. The Morgan fingerprint density at radius 3 is 2.55 bits per heavy atom. The van der Waals surface area contributed by atoms with Gasteiger partial charge in [-0.3, -0.25) is 9.78 Å². The van der Waals surface area contributed by atoms with Crippen molar-refractivity contribution >= 4 is 35.6 Å². The third kappa shape index (κ3) is 4.90. The van der Waals surface area contributed by atoms with E-state index in [1.54, 1.807) is 30.5 Å². The second-order valence-electron chi connectivity index (χ2n) is 8.81. The van der Waals surface area contributed by atoms with E-state index in [0.29, 0.717) is 22.9 Å². The first-order chi connectivity index (χ1) is 15.0. The van der Waals surface area contributed by atoms with Gasteiger partial charge in [-0.05, 0) is 51.7 Å². The summed E-state index contributed by atoms with van der Waals surface area (Å²) in [6.45, 7) is 6.14. The molecule has 0 aliphatic heterocycles. The molecule has 1 saturated carbocycles. The molecule has 0 radical (unpaired) electrons. The molecular formula is C23H28N6OS. The zero-order chi connectivity index (χ0) is 21.8. The van der Waals surface area contributed by atoms with Crippen LogP contribution in [0.3, 0.4) is 0 Å². The summed E-state index contributed by atoms with van der Waals surface area (Å²) in [7, 11) is 0. The van der Waals surface area contributed by atoms with Gasteiger partial charge in [0.2, 0.25) is 0 Å². The predicted molar refractivity (Wildman–Crippen MR) is 127 cm³/mol. The highest BCUT2D eigenvalue weighted by molar-refractivity contribution is 8.00. The van der Waals surface area contributed by atoms with E-state index in [9.17, 15) is 4.79 Å². The normalized spacial score (nSPS) is 14.2. The van der Waals surface area contributed by atoms with E-state index in [1.807, 2.05) is 49.7 Å². The third-order valence-corrected chi connectivity index (χ3v) is 6.40. The lowest BCUT2D eigenvalue weighted by molar-refractivity contribution is 0.112. The van der Waals surface area contributed by atoms with Gasteiger partial charge in [-0.25, -0.2) is 9.67 Å². The van der Waals surface area contributed by atoms with E-state index in [0.717, 1.165) is 29.2 Å². The molecule has 1 fully saturated rings. The maximum absolute atomic E-state index is 12.1. The van der Waals surface area contributed by atoms with E-state index in [1.165, 1.54) is 19.3 Å². The highest BCUT2D eigenvalue weighted by Gasteiger charge is 2.26. The fraction of sp³-hybridized carbons (Fsp3) is 0.391. The topological polar surface area (TPSA) is 84.7 Å². The number of aldehydes is 1. The molecular weight excluding hydrogens is 408 g/mol. The molecule has 0 saturated heterocycles. The summed E-state index contributed by atoms with van der Waals surface area (Å²) < 4.78 is 5.25. The van der Waals surface area contributed by atoms with Gasteiger partial charge in [0.25, 0.3) is 0 Å². The largest absolute Gasteiger partial charge is 0.330 e. The number of aromatic nitrogens is 4. The zero-order valence-corrected chi connectivity index (χ0v) is 18.9. The monoisotopic (exact) mass is 436 g/mol. The summed E-state index contributed by atoms with van der Waals surface area (Å²) in [6, 6.07) is 8.06. The van der Waals surface area contributed by atoms with Gasteiger partial charge in [0.05, 0.1) is 17.3 Å². The van der Waals surface area contributed by atoms with Crippen molar-refractivity contribution in [2.45, 2.75) is 45.6 Å². The maximum atomic E-state index is 12.1. The van der Waals surface area contributed by atoms with Gasteiger partial charge in [-0.15, -0.1) is 0 Å². The molecule has 31 heavy (non-hydrogen) atoms. The first-order valence-electron chi connectivity index (χ1n) is 10.6. The summed E-state index contributed by atoms with van der Waals surface area (Å²) in [5.74, 6) is 3.17. The molecule has 8 heteroatoms. The first-order valence-corrected chi connectivity index (χ1v) is 11.5. The number of carbonyl (C=O) groups excluding carboxylic acids is 1. The minimum atomic E-state index is -0.333. The number of nitrogens with zero attached hydrogens (tertiary/aromatic N) is 4. The Labute approximate surface area is 187 Å². The molecule has 1 aliphatic carbocycles. The van der Waals surface area contributed by atoms with Crippen LogP contribution in [-0.4, -0.2) is 31.8 Å². The fourth-order valence-corrected chi connectivity index (χ4v) is 4.40. The Morgan fingerprint density at radius 2 is 1.97 bits per heavy atom. The van der Waals surface area contributed by atoms with Gasteiger partial charge in [0, 0.05) is 29.4 Å². The summed E-state index contributed by atoms with van der Waals surface area (Å²) in [5.41, 5.74) is 2.75. The van der Waals surface area contributed by atoms with Crippen LogP contribution in [0.25, 0.3) is 11.3 Å². The number of hydrogen-bond acceptors (Lipinski definition) is 7. The van der Waals surface area contributed by atoms with Crippen LogP contribution < -0.4 is 10.0 Å². The fourth-order valence-electron chi connectivity index (χ4n) is 3.44. The highest BCUT2D eigenvalue weighted by Crippen LogP contribution is 2.34. The smallest absolute Gasteiger partial charge is 0.156 e. The van der Waals surface area contributed by atoms with Crippen molar-refractivity contribution < 1.29 is 4.79 Å². The Morgan fingerprint density at radius 1 is 1.19 bits per heavy atom. The number of hydrogen-bond donors (Lipinski definition) is 2. The van der Waals surface area contributed by atoms with Crippen LogP contribution in [0.2, 0.25) is 0 Å². The summed E-state index contributed by atoms with van der Waals surface area (Å²) in [4.78, 5) is 20.5. The van der Waals surface area contributed by atoms with Crippen molar-refractivity contribution in [2.24, 2.45) is 5.92 Å². The van der Waals surface area contributed by atoms with Gasteiger partial charge in [0.15, 0.2) is 6.29 Å². The van der Waals surface area contributed by atoms with Crippen LogP contribution in [0.4, 0.5) is 17.3 Å². The number of rotatable bonds is 8. The van der Waals surface area contributed by atoms with Crippen LogP contribution in [0.5, 0.6) is 0 Å². The van der Waals surface area contributed by atoms with Gasteiger partial charge in [-0.1, -0.05) is 30.5 Å². The average molecular weight is 437 g/mol. The Balaban J connectivity index is 1.60. The molecule has 2 aromatic heterocycles. The minimum absolute atomic E-state index is 0.333.